The molecule has 0 aliphatic carbocycles. The first-order valence-electron chi connectivity index (χ1n) is 6.03. The molecule has 0 aliphatic rings. The van der Waals surface area contributed by atoms with Gasteiger partial charge in [0.1, 0.15) is 0 Å². The summed E-state index contributed by atoms with van der Waals surface area (Å²) in [6.07, 6.45) is 0. The van der Waals surface area contributed by atoms with E-state index in [-0.39, 0.29) is 11.5 Å². The first-order valence-corrected chi connectivity index (χ1v) is 7.47. The largest absolute Gasteiger partial charge is 0.395 e. The van der Waals surface area contributed by atoms with Crippen LogP contribution in [0.25, 0.3) is 0 Å². The Bertz CT molecular complexity index is 653. The molecule has 6 heteroatoms. The van der Waals surface area contributed by atoms with Crippen LogP contribution in [0.4, 0.5) is 11.4 Å². The van der Waals surface area contributed by atoms with Crippen LogP contribution in [0.1, 0.15) is 0 Å². The zero-order chi connectivity index (χ0) is 14.6. The molecule has 5 nitrogen and oxygen atoms in total. The summed E-state index contributed by atoms with van der Waals surface area (Å²) in [5.41, 5.74) is 1.62. The minimum atomic E-state index is -4.19. The smallest absolute Gasteiger partial charge is 0.294 e. The lowest BCUT2D eigenvalue weighted by atomic mass is 10.2. The molecule has 2 aromatic carbocycles. The highest BCUT2D eigenvalue weighted by atomic mass is 32.2. The fourth-order valence-electron chi connectivity index (χ4n) is 1.91. The summed E-state index contributed by atoms with van der Waals surface area (Å²) in [5, 5.41) is 9.17. The molecule has 0 atom stereocenters. The standard InChI is InChI=1S/C14H15NO4S/c16-11-10-15(12-4-2-1-3-5-12)13-6-8-14(9-7-13)20(17,18)19/h1-9,16H,10-11H2,(H,17,18,19). The number of aliphatic hydroxyl groups is 1. The van der Waals surface area contributed by atoms with Crippen molar-refractivity contribution in [3.63, 3.8) is 0 Å². The Hall–Kier alpha value is -1.89. The maximum atomic E-state index is 11.0. The van der Waals surface area contributed by atoms with Crippen LogP contribution in [-0.2, 0) is 10.1 Å². The second kappa shape index (κ2) is 6.04. The molecule has 2 aromatic rings. The number of anilines is 2. The lowest BCUT2D eigenvalue weighted by Crippen LogP contribution is -2.21. The maximum absolute atomic E-state index is 11.0. The average molecular weight is 293 g/mol. The summed E-state index contributed by atoms with van der Waals surface area (Å²) in [6, 6.07) is 15.3. The van der Waals surface area contributed by atoms with Crippen LogP contribution in [-0.4, -0.2) is 31.2 Å². The summed E-state index contributed by atoms with van der Waals surface area (Å²) in [5.74, 6) is 0. The summed E-state index contributed by atoms with van der Waals surface area (Å²) in [4.78, 5) is 1.70. The molecule has 0 unspecified atom stereocenters. The third-order valence-electron chi connectivity index (χ3n) is 2.84. The van der Waals surface area contributed by atoms with Crippen LogP contribution < -0.4 is 4.90 Å². The average Bonchev–Trinajstić information content (AvgIpc) is 2.45. The van der Waals surface area contributed by atoms with E-state index >= 15 is 0 Å². The van der Waals surface area contributed by atoms with Gasteiger partial charge in [0.25, 0.3) is 10.1 Å². The van der Waals surface area contributed by atoms with Gasteiger partial charge in [-0.2, -0.15) is 8.42 Å². The van der Waals surface area contributed by atoms with Gasteiger partial charge >= 0.3 is 0 Å². The van der Waals surface area contributed by atoms with Crippen molar-refractivity contribution < 1.29 is 18.1 Å². The molecule has 0 radical (unpaired) electrons. The number of benzene rings is 2. The lowest BCUT2D eigenvalue weighted by molar-refractivity contribution is 0.305. The SMILES string of the molecule is O=S(=O)(O)c1ccc(N(CCO)c2ccccc2)cc1. The van der Waals surface area contributed by atoms with Crippen molar-refractivity contribution in [1.29, 1.82) is 0 Å². The van der Waals surface area contributed by atoms with Gasteiger partial charge < -0.3 is 10.0 Å². The topological polar surface area (TPSA) is 77.8 Å². The molecule has 0 aliphatic heterocycles. The maximum Gasteiger partial charge on any atom is 0.294 e. The first kappa shape index (κ1) is 14.5. The molecule has 0 spiro atoms. The Kier molecular flexibility index (Phi) is 4.39. The summed E-state index contributed by atoms with van der Waals surface area (Å²) >= 11 is 0. The van der Waals surface area contributed by atoms with Crippen molar-refractivity contribution >= 4 is 21.5 Å². The van der Waals surface area contributed by atoms with E-state index in [2.05, 4.69) is 0 Å². The van der Waals surface area contributed by atoms with E-state index < -0.39 is 10.1 Å². The second-order valence-electron chi connectivity index (χ2n) is 4.18. The van der Waals surface area contributed by atoms with Gasteiger partial charge in [0.15, 0.2) is 0 Å². The molecule has 0 saturated carbocycles. The Labute approximate surface area is 117 Å². The summed E-state index contributed by atoms with van der Waals surface area (Å²) < 4.78 is 31.0. The van der Waals surface area contributed by atoms with Gasteiger partial charge in [-0.3, -0.25) is 4.55 Å². The minimum absolute atomic E-state index is 0.0328. The summed E-state index contributed by atoms with van der Waals surface area (Å²) in [6.45, 7) is 0.351. The van der Waals surface area contributed by atoms with E-state index in [4.69, 9.17) is 9.66 Å². The van der Waals surface area contributed by atoms with Gasteiger partial charge in [0, 0.05) is 17.9 Å². The van der Waals surface area contributed by atoms with Crippen molar-refractivity contribution in [3.8, 4) is 0 Å². The van der Waals surface area contributed by atoms with Gasteiger partial charge in [-0.15, -0.1) is 0 Å². The van der Waals surface area contributed by atoms with E-state index in [1.165, 1.54) is 12.1 Å². The highest BCUT2D eigenvalue weighted by Crippen LogP contribution is 2.25. The minimum Gasteiger partial charge on any atom is -0.395 e. The van der Waals surface area contributed by atoms with Gasteiger partial charge in [0.2, 0.25) is 0 Å². The quantitative estimate of drug-likeness (QED) is 0.825. The van der Waals surface area contributed by atoms with Crippen molar-refractivity contribution in [2.24, 2.45) is 0 Å². The van der Waals surface area contributed by atoms with Crippen LogP contribution in [0, 0.1) is 0 Å². The molecule has 2 rings (SSSR count). The van der Waals surface area contributed by atoms with Crippen molar-refractivity contribution in [2.45, 2.75) is 4.90 Å². The zero-order valence-electron chi connectivity index (χ0n) is 10.7. The molecule has 0 amide bonds. The van der Waals surface area contributed by atoms with Gasteiger partial charge in [-0.05, 0) is 36.4 Å². The van der Waals surface area contributed by atoms with Gasteiger partial charge in [0.05, 0.1) is 11.5 Å². The van der Waals surface area contributed by atoms with Gasteiger partial charge in [-0.1, -0.05) is 18.2 Å². The predicted octanol–water partition coefficient (Wildman–Crippen LogP) is 2.06. The normalized spacial score (nSPS) is 11.3. The molecule has 2 N–H and O–H groups in total. The number of hydrogen-bond acceptors (Lipinski definition) is 4. The van der Waals surface area contributed by atoms with Crippen LogP contribution in [0.5, 0.6) is 0 Å². The monoisotopic (exact) mass is 293 g/mol. The molecule has 0 saturated heterocycles. The van der Waals surface area contributed by atoms with E-state index in [1.54, 1.807) is 12.1 Å². The molecule has 0 bridgehead atoms. The second-order valence-corrected chi connectivity index (χ2v) is 5.60. The Morgan fingerprint density at radius 1 is 0.900 bits per heavy atom. The molecular formula is C14H15NO4S. The Balaban J connectivity index is 2.36. The third kappa shape index (κ3) is 3.36. The highest BCUT2D eigenvalue weighted by molar-refractivity contribution is 7.85. The van der Waals surface area contributed by atoms with Crippen LogP contribution in [0.2, 0.25) is 0 Å². The molecule has 106 valence electrons. The fourth-order valence-corrected chi connectivity index (χ4v) is 2.39. The highest BCUT2D eigenvalue weighted by Gasteiger charge is 2.12. The lowest BCUT2D eigenvalue weighted by Gasteiger charge is -2.24. The fraction of sp³-hybridized carbons (Fsp3) is 0.143. The summed E-state index contributed by atoms with van der Waals surface area (Å²) in [7, 11) is -4.19. The Morgan fingerprint density at radius 2 is 1.45 bits per heavy atom. The molecule has 0 heterocycles. The molecule has 0 aromatic heterocycles. The number of rotatable bonds is 5. The van der Waals surface area contributed by atoms with Crippen LogP contribution >= 0.6 is 0 Å². The zero-order valence-corrected chi connectivity index (χ0v) is 11.5. The number of hydrogen-bond donors (Lipinski definition) is 2. The van der Waals surface area contributed by atoms with E-state index in [1.807, 2.05) is 35.2 Å². The van der Waals surface area contributed by atoms with Crippen molar-refractivity contribution in [3.05, 3.63) is 54.6 Å². The van der Waals surface area contributed by atoms with E-state index in [0.29, 0.717) is 6.54 Å². The third-order valence-corrected chi connectivity index (χ3v) is 3.71. The number of aliphatic hydroxyl groups excluding tert-OH is 1. The van der Waals surface area contributed by atoms with Gasteiger partial charge in [-0.25, -0.2) is 0 Å². The molecular weight excluding hydrogens is 278 g/mol. The Morgan fingerprint density at radius 3 is 1.95 bits per heavy atom. The van der Waals surface area contributed by atoms with E-state index in [0.717, 1.165) is 11.4 Å². The molecule has 20 heavy (non-hydrogen) atoms. The van der Waals surface area contributed by atoms with Crippen LogP contribution in [0.15, 0.2) is 59.5 Å². The van der Waals surface area contributed by atoms with Crippen molar-refractivity contribution in [2.75, 3.05) is 18.1 Å². The molecule has 0 fully saturated rings. The first-order chi connectivity index (χ1) is 9.52. The number of para-hydroxylation sites is 1. The van der Waals surface area contributed by atoms with Crippen molar-refractivity contribution in [1.82, 2.24) is 0 Å². The number of nitrogens with zero attached hydrogens (tertiary/aromatic N) is 1. The predicted molar refractivity (Wildman–Crippen MR) is 76.8 cm³/mol. The van der Waals surface area contributed by atoms with Crippen LogP contribution in [0.3, 0.4) is 0 Å². The van der Waals surface area contributed by atoms with E-state index in [9.17, 15) is 8.42 Å².